The van der Waals surface area contributed by atoms with Crippen LogP contribution in [0.2, 0.25) is 0 Å². The van der Waals surface area contributed by atoms with E-state index in [0.717, 1.165) is 34.6 Å². The van der Waals surface area contributed by atoms with E-state index < -0.39 is 18.0 Å². The first-order valence-electron chi connectivity index (χ1n) is 12.1. The van der Waals surface area contributed by atoms with Gasteiger partial charge in [0.2, 0.25) is 6.79 Å². The van der Waals surface area contributed by atoms with Crippen LogP contribution in [0.1, 0.15) is 46.3 Å². The van der Waals surface area contributed by atoms with E-state index >= 15 is 0 Å². The van der Waals surface area contributed by atoms with Gasteiger partial charge in [-0.25, -0.2) is 9.78 Å². The molecule has 0 saturated carbocycles. The molecule has 0 spiro atoms. The number of carbonyl (C=O) groups is 2. The summed E-state index contributed by atoms with van der Waals surface area (Å²) in [6, 6.07) is 16.8. The fourth-order valence-electron chi connectivity index (χ4n) is 4.72. The molecule has 4 aromatic rings. The second-order valence-corrected chi connectivity index (χ2v) is 8.96. The Labute approximate surface area is 212 Å². The van der Waals surface area contributed by atoms with Gasteiger partial charge in [-0.3, -0.25) is 4.79 Å². The van der Waals surface area contributed by atoms with E-state index in [1.54, 1.807) is 19.1 Å². The van der Waals surface area contributed by atoms with E-state index in [-0.39, 0.29) is 13.3 Å². The van der Waals surface area contributed by atoms with Crippen molar-refractivity contribution in [3.63, 3.8) is 0 Å². The van der Waals surface area contributed by atoms with Gasteiger partial charge >= 0.3 is 5.97 Å². The summed E-state index contributed by atoms with van der Waals surface area (Å²) >= 11 is 0. The molecule has 2 aromatic heterocycles. The van der Waals surface area contributed by atoms with Crippen LogP contribution in [-0.2, 0) is 22.5 Å². The highest BCUT2D eigenvalue weighted by molar-refractivity contribution is 6.07. The Morgan fingerprint density at radius 2 is 1.95 bits per heavy atom. The fourth-order valence-corrected chi connectivity index (χ4v) is 4.72. The first-order valence-corrected chi connectivity index (χ1v) is 12.1. The lowest BCUT2D eigenvalue weighted by atomic mass is 10.0. The number of fused-ring (bicyclic) bond motifs is 3. The number of esters is 1. The Kier molecular flexibility index (Phi) is 5.84. The van der Waals surface area contributed by atoms with Gasteiger partial charge in [0.25, 0.3) is 5.91 Å². The highest BCUT2D eigenvalue weighted by atomic mass is 16.7. The highest BCUT2D eigenvalue weighted by Crippen LogP contribution is 2.39. The summed E-state index contributed by atoms with van der Waals surface area (Å²) in [6.45, 7) is 2.00. The molecular weight excluding hydrogens is 472 g/mol. The third-order valence-electron chi connectivity index (χ3n) is 6.55. The summed E-state index contributed by atoms with van der Waals surface area (Å²) in [6.07, 6.45) is 4.00. The molecule has 37 heavy (non-hydrogen) atoms. The third-order valence-corrected chi connectivity index (χ3v) is 6.55. The predicted molar refractivity (Wildman–Crippen MR) is 136 cm³/mol. The minimum atomic E-state index is -0.977. The van der Waals surface area contributed by atoms with E-state index in [9.17, 15) is 9.59 Å². The fraction of sp³-hybridized carbons (Fsp3) is 0.207. The van der Waals surface area contributed by atoms with Crippen LogP contribution >= 0.6 is 0 Å². The minimum Gasteiger partial charge on any atom is -0.467 e. The summed E-state index contributed by atoms with van der Waals surface area (Å²) in [5, 5.41) is 3.44. The third kappa shape index (κ3) is 4.42. The largest absolute Gasteiger partial charge is 0.467 e. The maximum Gasteiger partial charge on any atom is 0.339 e. The summed E-state index contributed by atoms with van der Waals surface area (Å²) < 4.78 is 21.8. The van der Waals surface area contributed by atoms with E-state index in [2.05, 4.69) is 11.4 Å². The molecule has 1 unspecified atom stereocenters. The number of aromatic nitrogens is 1. The van der Waals surface area contributed by atoms with Crippen LogP contribution in [0.4, 0.5) is 0 Å². The van der Waals surface area contributed by atoms with Gasteiger partial charge in [-0.05, 0) is 72.9 Å². The van der Waals surface area contributed by atoms with Crippen molar-refractivity contribution < 1.29 is 28.2 Å². The molecule has 0 bridgehead atoms. The molecule has 0 saturated heterocycles. The quantitative estimate of drug-likeness (QED) is 0.379. The molecule has 1 atom stereocenters. The first kappa shape index (κ1) is 22.8. The summed E-state index contributed by atoms with van der Waals surface area (Å²) in [5.41, 5.74) is 4.75. The number of ether oxygens (including phenoxy) is 3. The lowest BCUT2D eigenvalue weighted by Crippen LogP contribution is -2.35. The maximum absolute atomic E-state index is 13.5. The Morgan fingerprint density at radius 3 is 2.81 bits per heavy atom. The van der Waals surface area contributed by atoms with Crippen molar-refractivity contribution in [2.45, 2.75) is 32.4 Å². The van der Waals surface area contributed by atoms with Crippen molar-refractivity contribution in [1.82, 2.24) is 10.3 Å². The minimum absolute atomic E-state index is 0.218. The molecule has 1 aliphatic carbocycles. The molecule has 8 heteroatoms. The average molecular weight is 497 g/mol. The monoisotopic (exact) mass is 496 g/mol. The molecule has 1 aliphatic heterocycles. The van der Waals surface area contributed by atoms with E-state index in [4.69, 9.17) is 23.6 Å². The number of furan rings is 1. The first-order chi connectivity index (χ1) is 18.1. The van der Waals surface area contributed by atoms with Crippen molar-refractivity contribution in [3.05, 3.63) is 89.0 Å². The van der Waals surface area contributed by atoms with Gasteiger partial charge in [0.05, 0.1) is 29.6 Å². The second kappa shape index (κ2) is 9.46. The maximum atomic E-state index is 13.5. The normalized spacial score (nSPS) is 15.5. The molecule has 6 rings (SSSR count). The number of hydrogen-bond donors (Lipinski definition) is 1. The topological polar surface area (TPSA) is 99.9 Å². The number of para-hydroxylation sites is 1. The van der Waals surface area contributed by atoms with E-state index in [0.29, 0.717) is 34.4 Å². The van der Waals surface area contributed by atoms with Gasteiger partial charge in [-0.1, -0.05) is 24.3 Å². The van der Waals surface area contributed by atoms with Crippen LogP contribution in [0.3, 0.4) is 0 Å². The van der Waals surface area contributed by atoms with Crippen LogP contribution in [0.15, 0.2) is 65.3 Å². The lowest BCUT2D eigenvalue weighted by Gasteiger charge is -2.16. The summed E-state index contributed by atoms with van der Waals surface area (Å²) in [5.74, 6) is 1.11. The molecule has 0 fully saturated rings. The highest BCUT2D eigenvalue weighted by Gasteiger charge is 2.29. The van der Waals surface area contributed by atoms with Crippen LogP contribution in [0, 0.1) is 0 Å². The molecule has 8 nitrogen and oxygen atoms in total. The predicted octanol–water partition coefficient (Wildman–Crippen LogP) is 4.91. The van der Waals surface area contributed by atoms with Crippen molar-refractivity contribution in [2.75, 3.05) is 6.79 Å². The SMILES string of the molecule is CC(OC(=O)c1c2c(nc3ccccc13)C(=Cc1ccc3c(c1)OCO3)CC2)C(=O)NCc1ccco1. The smallest absolute Gasteiger partial charge is 0.339 e. The molecule has 2 aromatic carbocycles. The van der Waals surface area contributed by atoms with Gasteiger partial charge in [-0.15, -0.1) is 0 Å². The van der Waals surface area contributed by atoms with Crippen molar-refractivity contribution in [2.24, 2.45) is 0 Å². The zero-order chi connectivity index (χ0) is 25.4. The van der Waals surface area contributed by atoms with Crippen molar-refractivity contribution in [1.29, 1.82) is 0 Å². The van der Waals surface area contributed by atoms with Gasteiger partial charge in [0.15, 0.2) is 17.6 Å². The number of rotatable bonds is 6. The molecular formula is C29H24N2O6. The zero-order valence-electron chi connectivity index (χ0n) is 20.2. The van der Waals surface area contributed by atoms with Crippen LogP contribution in [0.5, 0.6) is 11.5 Å². The van der Waals surface area contributed by atoms with Gasteiger partial charge in [0.1, 0.15) is 5.76 Å². The Hall–Kier alpha value is -4.59. The van der Waals surface area contributed by atoms with Crippen LogP contribution in [0.25, 0.3) is 22.6 Å². The molecule has 1 N–H and O–H groups in total. The number of nitrogens with zero attached hydrogens (tertiary/aromatic N) is 1. The standard InChI is InChI=1S/C29H24N2O6/c1-17(28(32)30-15-20-5-4-12-34-20)37-29(33)26-21-6-2-3-7-23(21)31-27-19(9-10-22(26)27)13-18-8-11-24-25(14-18)36-16-35-24/h2-8,11-14,17H,9-10,15-16H2,1H3,(H,30,32). The number of nitrogens with one attached hydrogen (secondary N) is 1. The number of carbonyl (C=O) groups excluding carboxylic acids is 2. The molecule has 1 amide bonds. The van der Waals surface area contributed by atoms with Crippen LogP contribution < -0.4 is 14.8 Å². The molecule has 3 heterocycles. The molecule has 186 valence electrons. The number of amides is 1. The van der Waals surface area contributed by atoms with Gasteiger partial charge in [0, 0.05) is 5.39 Å². The molecule has 0 radical (unpaired) electrons. The van der Waals surface area contributed by atoms with E-state index in [1.165, 1.54) is 6.26 Å². The van der Waals surface area contributed by atoms with Crippen LogP contribution in [-0.4, -0.2) is 29.8 Å². The van der Waals surface area contributed by atoms with Crippen molar-refractivity contribution >= 4 is 34.4 Å². The number of allylic oxidation sites excluding steroid dienone is 1. The Balaban J connectivity index is 1.30. The van der Waals surface area contributed by atoms with E-state index in [1.807, 2.05) is 42.5 Å². The summed E-state index contributed by atoms with van der Waals surface area (Å²) in [4.78, 5) is 30.9. The summed E-state index contributed by atoms with van der Waals surface area (Å²) in [7, 11) is 0. The second-order valence-electron chi connectivity index (χ2n) is 8.96. The zero-order valence-corrected chi connectivity index (χ0v) is 20.2. The number of pyridine rings is 1. The van der Waals surface area contributed by atoms with Gasteiger partial charge < -0.3 is 23.9 Å². The molecule has 2 aliphatic rings. The number of hydrogen-bond acceptors (Lipinski definition) is 7. The van der Waals surface area contributed by atoms with Crippen molar-refractivity contribution in [3.8, 4) is 11.5 Å². The Bertz CT molecular complexity index is 1540. The van der Waals surface area contributed by atoms with Gasteiger partial charge in [-0.2, -0.15) is 0 Å². The number of benzene rings is 2. The average Bonchev–Trinajstić information content (AvgIpc) is 3.67. The Morgan fingerprint density at radius 1 is 1.08 bits per heavy atom. The lowest BCUT2D eigenvalue weighted by molar-refractivity contribution is -0.129.